The van der Waals surface area contributed by atoms with Crippen LogP contribution in [0.15, 0.2) is 42.6 Å². The van der Waals surface area contributed by atoms with Crippen LogP contribution in [-0.4, -0.2) is 17.9 Å². The summed E-state index contributed by atoms with van der Waals surface area (Å²) < 4.78 is 0. The average Bonchev–Trinajstić information content (AvgIpc) is 2.46. The number of nitrogens with zero attached hydrogens (tertiary/aromatic N) is 3. The molecule has 0 aliphatic carbocycles. The van der Waals surface area contributed by atoms with Crippen molar-refractivity contribution in [1.82, 2.24) is 4.98 Å². The predicted octanol–water partition coefficient (Wildman–Crippen LogP) is 2.88. The van der Waals surface area contributed by atoms with Gasteiger partial charge in [-0.25, -0.2) is 4.98 Å². The van der Waals surface area contributed by atoms with E-state index in [-0.39, 0.29) is 11.1 Å². The maximum Gasteiger partial charge on any atom is 0.258 e. The molecule has 2 aromatic rings. The van der Waals surface area contributed by atoms with Crippen LogP contribution in [0.3, 0.4) is 0 Å². The number of amides is 1. The fourth-order valence-corrected chi connectivity index (χ4v) is 1.78. The molecule has 0 radical (unpaired) electrons. The lowest BCUT2D eigenvalue weighted by atomic mass is 10.2. The summed E-state index contributed by atoms with van der Waals surface area (Å²) in [6.45, 7) is 0. The van der Waals surface area contributed by atoms with Gasteiger partial charge in [-0.3, -0.25) is 4.79 Å². The van der Waals surface area contributed by atoms with E-state index >= 15 is 0 Å². The zero-order chi connectivity index (χ0) is 13.8. The minimum Gasteiger partial charge on any atom is -0.311 e. The minimum absolute atomic E-state index is 0.186. The van der Waals surface area contributed by atoms with Gasteiger partial charge in [-0.05, 0) is 36.4 Å². The van der Waals surface area contributed by atoms with E-state index in [1.165, 1.54) is 17.2 Å². The molecule has 0 unspecified atom stereocenters. The SMILES string of the molecule is CN(C(=O)c1ccnc(Cl)c1)c1ccc(C#N)cc1. The van der Waals surface area contributed by atoms with Crippen molar-refractivity contribution >= 4 is 23.2 Å². The van der Waals surface area contributed by atoms with Crippen molar-refractivity contribution in [3.8, 4) is 6.07 Å². The Morgan fingerprint density at radius 1 is 1.32 bits per heavy atom. The number of anilines is 1. The van der Waals surface area contributed by atoms with E-state index in [1.807, 2.05) is 6.07 Å². The predicted molar refractivity (Wildman–Crippen MR) is 73.1 cm³/mol. The summed E-state index contributed by atoms with van der Waals surface area (Å²) in [4.78, 5) is 17.6. The maximum absolute atomic E-state index is 12.2. The van der Waals surface area contributed by atoms with Crippen LogP contribution < -0.4 is 4.90 Å². The van der Waals surface area contributed by atoms with Crippen molar-refractivity contribution in [2.45, 2.75) is 0 Å². The van der Waals surface area contributed by atoms with Crippen LogP contribution in [-0.2, 0) is 0 Å². The molecule has 1 heterocycles. The Morgan fingerprint density at radius 2 is 2.00 bits per heavy atom. The summed E-state index contributed by atoms with van der Waals surface area (Å²) in [6.07, 6.45) is 1.49. The molecule has 2 rings (SSSR count). The highest BCUT2D eigenvalue weighted by Crippen LogP contribution is 2.17. The number of carbonyl (C=O) groups is 1. The number of rotatable bonds is 2. The highest BCUT2D eigenvalue weighted by atomic mass is 35.5. The van der Waals surface area contributed by atoms with Gasteiger partial charge in [0.05, 0.1) is 11.6 Å². The second-order valence-corrected chi connectivity index (χ2v) is 4.28. The maximum atomic E-state index is 12.2. The summed E-state index contributed by atoms with van der Waals surface area (Å²) in [5, 5.41) is 9.01. The Kier molecular flexibility index (Phi) is 3.79. The molecule has 0 atom stereocenters. The van der Waals surface area contributed by atoms with Gasteiger partial charge < -0.3 is 4.90 Å². The van der Waals surface area contributed by atoms with Crippen LogP contribution in [0, 0.1) is 11.3 Å². The summed E-state index contributed by atoms with van der Waals surface area (Å²) in [5.74, 6) is -0.186. The molecule has 1 amide bonds. The first kappa shape index (κ1) is 13.1. The molecular weight excluding hydrogens is 262 g/mol. The molecule has 19 heavy (non-hydrogen) atoms. The number of hydrogen-bond acceptors (Lipinski definition) is 3. The van der Waals surface area contributed by atoms with Gasteiger partial charge in [0.25, 0.3) is 5.91 Å². The Hall–Kier alpha value is -2.38. The molecule has 0 aliphatic rings. The van der Waals surface area contributed by atoms with Gasteiger partial charge in [0.15, 0.2) is 0 Å². The molecule has 1 aromatic heterocycles. The van der Waals surface area contributed by atoms with Gasteiger partial charge in [-0.15, -0.1) is 0 Å². The fraction of sp³-hybridized carbons (Fsp3) is 0.0714. The number of carbonyl (C=O) groups excluding carboxylic acids is 1. The van der Waals surface area contributed by atoms with E-state index in [9.17, 15) is 4.79 Å². The largest absolute Gasteiger partial charge is 0.311 e. The van der Waals surface area contributed by atoms with Crippen LogP contribution in [0.25, 0.3) is 0 Å². The first-order valence-electron chi connectivity index (χ1n) is 5.51. The van der Waals surface area contributed by atoms with E-state index in [0.29, 0.717) is 16.8 Å². The number of nitriles is 1. The quantitative estimate of drug-likeness (QED) is 0.789. The molecule has 4 nitrogen and oxygen atoms in total. The van der Waals surface area contributed by atoms with E-state index in [2.05, 4.69) is 4.98 Å². The zero-order valence-corrected chi connectivity index (χ0v) is 10.9. The monoisotopic (exact) mass is 271 g/mol. The number of pyridine rings is 1. The van der Waals surface area contributed by atoms with Crippen molar-refractivity contribution in [3.05, 3.63) is 58.9 Å². The number of halogens is 1. The lowest BCUT2D eigenvalue weighted by Crippen LogP contribution is -2.26. The molecule has 0 spiro atoms. The molecule has 0 fully saturated rings. The standard InChI is InChI=1S/C14H10ClN3O/c1-18(12-4-2-10(9-16)3-5-12)14(19)11-6-7-17-13(15)8-11/h2-8H,1H3. The van der Waals surface area contributed by atoms with Crippen molar-refractivity contribution < 1.29 is 4.79 Å². The normalized spacial score (nSPS) is 9.74. The Balaban J connectivity index is 2.26. The Bertz CT molecular complexity index is 646. The number of aromatic nitrogens is 1. The number of hydrogen-bond donors (Lipinski definition) is 0. The van der Waals surface area contributed by atoms with E-state index in [4.69, 9.17) is 16.9 Å². The van der Waals surface area contributed by atoms with Crippen LogP contribution in [0.5, 0.6) is 0 Å². The van der Waals surface area contributed by atoms with Crippen molar-refractivity contribution in [2.24, 2.45) is 0 Å². The molecular formula is C14H10ClN3O. The van der Waals surface area contributed by atoms with Crippen LogP contribution in [0.4, 0.5) is 5.69 Å². The van der Waals surface area contributed by atoms with E-state index in [1.54, 1.807) is 37.4 Å². The van der Waals surface area contributed by atoms with Gasteiger partial charge >= 0.3 is 0 Å². The van der Waals surface area contributed by atoms with Gasteiger partial charge in [0.2, 0.25) is 0 Å². The molecule has 0 N–H and O–H groups in total. The lowest BCUT2D eigenvalue weighted by molar-refractivity contribution is 0.0993. The Morgan fingerprint density at radius 3 is 2.58 bits per heavy atom. The molecule has 1 aromatic carbocycles. The molecule has 5 heteroatoms. The zero-order valence-electron chi connectivity index (χ0n) is 10.2. The minimum atomic E-state index is -0.186. The molecule has 0 saturated heterocycles. The van der Waals surface area contributed by atoms with Crippen molar-refractivity contribution in [1.29, 1.82) is 5.26 Å². The molecule has 0 saturated carbocycles. The first-order chi connectivity index (χ1) is 9.11. The van der Waals surface area contributed by atoms with Gasteiger partial charge in [-0.2, -0.15) is 5.26 Å². The van der Waals surface area contributed by atoms with Gasteiger partial charge in [-0.1, -0.05) is 11.6 Å². The third-order valence-corrected chi connectivity index (χ3v) is 2.87. The molecule has 0 aliphatic heterocycles. The highest BCUT2D eigenvalue weighted by Gasteiger charge is 2.13. The van der Waals surface area contributed by atoms with Crippen LogP contribution >= 0.6 is 11.6 Å². The van der Waals surface area contributed by atoms with Crippen molar-refractivity contribution in [3.63, 3.8) is 0 Å². The number of benzene rings is 1. The third-order valence-electron chi connectivity index (χ3n) is 2.66. The first-order valence-corrected chi connectivity index (χ1v) is 5.89. The summed E-state index contributed by atoms with van der Waals surface area (Å²) in [7, 11) is 1.66. The topological polar surface area (TPSA) is 57.0 Å². The lowest BCUT2D eigenvalue weighted by Gasteiger charge is -2.17. The second-order valence-electron chi connectivity index (χ2n) is 3.89. The van der Waals surface area contributed by atoms with E-state index < -0.39 is 0 Å². The average molecular weight is 272 g/mol. The van der Waals surface area contributed by atoms with Gasteiger partial charge in [0.1, 0.15) is 5.15 Å². The van der Waals surface area contributed by atoms with E-state index in [0.717, 1.165) is 0 Å². The van der Waals surface area contributed by atoms with Gasteiger partial charge in [0, 0.05) is 24.5 Å². The Labute approximate surface area is 115 Å². The third kappa shape index (κ3) is 2.90. The summed E-state index contributed by atoms with van der Waals surface area (Å²) in [6, 6.07) is 11.9. The van der Waals surface area contributed by atoms with Crippen molar-refractivity contribution in [2.75, 3.05) is 11.9 Å². The summed E-state index contributed by atoms with van der Waals surface area (Å²) in [5.41, 5.74) is 1.72. The summed E-state index contributed by atoms with van der Waals surface area (Å²) >= 11 is 5.76. The van der Waals surface area contributed by atoms with Crippen LogP contribution in [0.2, 0.25) is 5.15 Å². The van der Waals surface area contributed by atoms with Crippen LogP contribution in [0.1, 0.15) is 15.9 Å². The highest BCUT2D eigenvalue weighted by molar-refractivity contribution is 6.29. The fourth-order valence-electron chi connectivity index (χ4n) is 1.61. The molecule has 94 valence electrons. The molecule has 0 bridgehead atoms. The second kappa shape index (κ2) is 5.51. The smallest absolute Gasteiger partial charge is 0.258 e.